The number of hydrogen-bond acceptors (Lipinski definition) is 5. The first-order chi connectivity index (χ1) is 10.1. The molecule has 1 heterocycles. The summed E-state index contributed by atoms with van der Waals surface area (Å²) in [4.78, 5) is 13.5. The summed E-state index contributed by atoms with van der Waals surface area (Å²) >= 11 is 0. The average molecular weight is 293 g/mol. The highest BCUT2D eigenvalue weighted by molar-refractivity contribution is 5.77. The quantitative estimate of drug-likeness (QED) is 0.591. The molecule has 6 heteroatoms. The van der Waals surface area contributed by atoms with Gasteiger partial charge in [0.05, 0.1) is 6.54 Å². The Bertz CT molecular complexity index is 485. The van der Waals surface area contributed by atoms with E-state index in [2.05, 4.69) is 15.5 Å². The number of piperidine rings is 1. The summed E-state index contributed by atoms with van der Waals surface area (Å²) in [6, 6.07) is 5.35. The van der Waals surface area contributed by atoms with Crippen LogP contribution in [0.4, 0.5) is 0 Å². The van der Waals surface area contributed by atoms with Gasteiger partial charge in [-0.3, -0.25) is 9.69 Å². The van der Waals surface area contributed by atoms with Crippen molar-refractivity contribution in [1.82, 2.24) is 15.5 Å². The van der Waals surface area contributed by atoms with Crippen LogP contribution >= 0.6 is 0 Å². The second kappa shape index (κ2) is 7.28. The third-order valence-corrected chi connectivity index (χ3v) is 3.91. The molecule has 0 spiro atoms. The number of nitrogens with zero attached hydrogens (tertiary/aromatic N) is 1. The van der Waals surface area contributed by atoms with Crippen LogP contribution in [0.25, 0.3) is 0 Å². The number of aromatic hydroxyl groups is 2. The summed E-state index contributed by atoms with van der Waals surface area (Å²) in [7, 11) is 1.65. The third-order valence-electron chi connectivity index (χ3n) is 3.91. The molecule has 0 unspecified atom stereocenters. The highest BCUT2D eigenvalue weighted by Gasteiger charge is 2.20. The Morgan fingerprint density at radius 1 is 1.33 bits per heavy atom. The number of phenols is 2. The first-order valence-electron chi connectivity index (χ1n) is 7.26. The number of phenolic OH excluding ortho intramolecular Hbond substituents is 2. The van der Waals surface area contributed by atoms with Crippen LogP contribution in [0.1, 0.15) is 18.4 Å². The molecule has 1 amide bonds. The Balaban J connectivity index is 1.76. The van der Waals surface area contributed by atoms with Gasteiger partial charge < -0.3 is 20.8 Å². The molecule has 0 radical (unpaired) electrons. The minimum Gasteiger partial charge on any atom is -0.504 e. The number of rotatable bonds is 5. The standard InChI is InChI=1S/C15H23N3O3/c1-16-14(20)10-18-7-5-12(6-8-18)17-9-11-3-2-4-13(19)15(11)21/h2-4,12,17,19,21H,5-10H2,1H3,(H,16,20). The lowest BCUT2D eigenvalue weighted by molar-refractivity contribution is -0.122. The van der Waals surface area contributed by atoms with Gasteiger partial charge in [-0.1, -0.05) is 12.1 Å². The van der Waals surface area contributed by atoms with Crippen LogP contribution in [0.5, 0.6) is 11.5 Å². The summed E-state index contributed by atoms with van der Waals surface area (Å²) in [6.07, 6.45) is 1.94. The third kappa shape index (κ3) is 4.34. The summed E-state index contributed by atoms with van der Waals surface area (Å²) in [5, 5.41) is 25.2. The lowest BCUT2D eigenvalue weighted by Crippen LogP contribution is -2.45. The zero-order chi connectivity index (χ0) is 15.2. The van der Waals surface area contributed by atoms with Gasteiger partial charge in [-0.25, -0.2) is 0 Å². The Morgan fingerprint density at radius 2 is 2.05 bits per heavy atom. The Hall–Kier alpha value is -1.79. The maximum Gasteiger partial charge on any atom is 0.233 e. The zero-order valence-electron chi connectivity index (χ0n) is 12.3. The monoisotopic (exact) mass is 293 g/mol. The van der Waals surface area contributed by atoms with Crippen molar-refractivity contribution < 1.29 is 15.0 Å². The summed E-state index contributed by atoms with van der Waals surface area (Å²) in [5.74, 6) is -0.0946. The molecule has 0 aromatic heterocycles. The molecule has 1 aromatic rings. The van der Waals surface area contributed by atoms with E-state index in [1.807, 2.05) is 0 Å². The molecule has 1 aromatic carbocycles. The maximum absolute atomic E-state index is 11.3. The van der Waals surface area contributed by atoms with Crippen molar-refractivity contribution in [2.75, 3.05) is 26.7 Å². The van der Waals surface area contributed by atoms with E-state index in [-0.39, 0.29) is 17.4 Å². The number of likely N-dealkylation sites (N-methyl/N-ethyl adjacent to an activating group) is 1. The van der Waals surface area contributed by atoms with Crippen LogP contribution in [0.2, 0.25) is 0 Å². The molecule has 21 heavy (non-hydrogen) atoms. The van der Waals surface area contributed by atoms with Gasteiger partial charge in [-0.2, -0.15) is 0 Å². The van der Waals surface area contributed by atoms with Gasteiger partial charge in [0.15, 0.2) is 11.5 Å². The number of nitrogens with one attached hydrogen (secondary N) is 2. The van der Waals surface area contributed by atoms with E-state index in [1.165, 1.54) is 6.07 Å². The van der Waals surface area contributed by atoms with Crippen molar-refractivity contribution in [3.8, 4) is 11.5 Å². The van der Waals surface area contributed by atoms with Gasteiger partial charge in [0.2, 0.25) is 5.91 Å². The Kier molecular flexibility index (Phi) is 5.41. The highest BCUT2D eigenvalue weighted by atomic mass is 16.3. The van der Waals surface area contributed by atoms with Gasteiger partial charge in [0.25, 0.3) is 0 Å². The summed E-state index contributed by atoms with van der Waals surface area (Å²) < 4.78 is 0. The molecule has 1 aliphatic rings. The number of amides is 1. The molecule has 0 atom stereocenters. The number of benzene rings is 1. The molecule has 6 nitrogen and oxygen atoms in total. The zero-order valence-corrected chi connectivity index (χ0v) is 12.3. The molecule has 4 N–H and O–H groups in total. The number of carbonyl (C=O) groups is 1. The fraction of sp³-hybridized carbons (Fsp3) is 0.533. The molecule has 1 saturated heterocycles. The number of para-hydroxylation sites is 1. The van der Waals surface area contributed by atoms with Gasteiger partial charge in [0.1, 0.15) is 0 Å². The smallest absolute Gasteiger partial charge is 0.233 e. The second-order valence-corrected chi connectivity index (χ2v) is 5.39. The molecule has 2 rings (SSSR count). The van der Waals surface area contributed by atoms with Crippen molar-refractivity contribution in [3.05, 3.63) is 23.8 Å². The lowest BCUT2D eigenvalue weighted by atomic mass is 10.0. The van der Waals surface area contributed by atoms with E-state index in [4.69, 9.17) is 0 Å². The van der Waals surface area contributed by atoms with Crippen molar-refractivity contribution in [3.63, 3.8) is 0 Å². The van der Waals surface area contributed by atoms with E-state index < -0.39 is 0 Å². The number of likely N-dealkylation sites (tertiary alicyclic amines) is 1. The van der Waals surface area contributed by atoms with Crippen LogP contribution in [-0.2, 0) is 11.3 Å². The molecule has 116 valence electrons. The van der Waals surface area contributed by atoms with Crippen LogP contribution in [0, 0.1) is 0 Å². The number of carbonyl (C=O) groups excluding carboxylic acids is 1. The average Bonchev–Trinajstić information content (AvgIpc) is 2.50. The van der Waals surface area contributed by atoms with Crippen molar-refractivity contribution in [2.45, 2.75) is 25.4 Å². The van der Waals surface area contributed by atoms with Crippen LogP contribution in [0.15, 0.2) is 18.2 Å². The largest absolute Gasteiger partial charge is 0.504 e. The minimum absolute atomic E-state index is 0.0473. The first kappa shape index (κ1) is 15.6. The molecule has 0 saturated carbocycles. The van der Waals surface area contributed by atoms with E-state index >= 15 is 0 Å². The molecular formula is C15H23N3O3. The maximum atomic E-state index is 11.3. The van der Waals surface area contributed by atoms with Gasteiger partial charge in [0, 0.05) is 38.3 Å². The van der Waals surface area contributed by atoms with E-state index in [1.54, 1.807) is 19.2 Å². The highest BCUT2D eigenvalue weighted by Crippen LogP contribution is 2.28. The predicted molar refractivity (Wildman–Crippen MR) is 80.1 cm³/mol. The fourth-order valence-electron chi connectivity index (χ4n) is 2.55. The normalized spacial score (nSPS) is 16.8. The van der Waals surface area contributed by atoms with E-state index in [9.17, 15) is 15.0 Å². The fourth-order valence-corrected chi connectivity index (χ4v) is 2.55. The topological polar surface area (TPSA) is 84.8 Å². The van der Waals surface area contributed by atoms with Gasteiger partial charge in [-0.15, -0.1) is 0 Å². The Morgan fingerprint density at radius 3 is 2.71 bits per heavy atom. The van der Waals surface area contributed by atoms with Gasteiger partial charge >= 0.3 is 0 Å². The molecule has 1 fully saturated rings. The summed E-state index contributed by atoms with van der Waals surface area (Å²) in [5.41, 5.74) is 0.697. The molecule has 0 aliphatic carbocycles. The van der Waals surface area contributed by atoms with Crippen molar-refractivity contribution >= 4 is 5.91 Å². The first-order valence-corrected chi connectivity index (χ1v) is 7.26. The van der Waals surface area contributed by atoms with Crippen LogP contribution < -0.4 is 10.6 Å². The number of hydrogen-bond donors (Lipinski definition) is 4. The second-order valence-electron chi connectivity index (χ2n) is 5.39. The predicted octanol–water partition coefficient (Wildman–Crippen LogP) is 0.398. The molecule has 0 bridgehead atoms. The van der Waals surface area contributed by atoms with E-state index in [0.717, 1.165) is 25.9 Å². The SMILES string of the molecule is CNC(=O)CN1CCC(NCc2cccc(O)c2O)CC1. The summed E-state index contributed by atoms with van der Waals surface area (Å²) in [6.45, 7) is 2.76. The van der Waals surface area contributed by atoms with Crippen molar-refractivity contribution in [2.24, 2.45) is 0 Å². The minimum atomic E-state index is -0.0882. The molecule has 1 aliphatic heterocycles. The van der Waals surface area contributed by atoms with Crippen LogP contribution in [-0.4, -0.2) is 53.7 Å². The lowest BCUT2D eigenvalue weighted by Gasteiger charge is -2.31. The van der Waals surface area contributed by atoms with Crippen LogP contribution in [0.3, 0.4) is 0 Å². The van der Waals surface area contributed by atoms with Gasteiger partial charge in [-0.05, 0) is 18.9 Å². The van der Waals surface area contributed by atoms with Crippen molar-refractivity contribution in [1.29, 1.82) is 0 Å². The Labute approximate surface area is 124 Å². The molecular weight excluding hydrogens is 270 g/mol. The van der Waals surface area contributed by atoms with E-state index in [0.29, 0.717) is 24.7 Å².